The first-order valence-corrected chi connectivity index (χ1v) is 7.71. The Morgan fingerprint density at radius 1 is 1.35 bits per heavy atom. The van der Waals surface area contributed by atoms with Crippen LogP contribution >= 0.6 is 11.5 Å². The van der Waals surface area contributed by atoms with Gasteiger partial charge < -0.3 is 5.32 Å². The lowest BCUT2D eigenvalue weighted by molar-refractivity contribution is -0.116. The maximum Gasteiger partial charge on any atom is 0.331 e. The van der Waals surface area contributed by atoms with Gasteiger partial charge >= 0.3 is 5.69 Å². The van der Waals surface area contributed by atoms with Crippen LogP contribution in [0.1, 0.15) is 5.56 Å². The highest BCUT2D eigenvalue weighted by molar-refractivity contribution is 7.04. The van der Waals surface area contributed by atoms with E-state index in [4.69, 9.17) is 0 Å². The van der Waals surface area contributed by atoms with Crippen molar-refractivity contribution in [2.75, 3.05) is 5.32 Å². The van der Waals surface area contributed by atoms with Gasteiger partial charge in [-0.2, -0.15) is 4.37 Å². The summed E-state index contributed by atoms with van der Waals surface area (Å²) in [4.78, 5) is 36.5. The number of nitrogens with zero attached hydrogens (tertiary/aromatic N) is 3. The van der Waals surface area contributed by atoms with Crippen molar-refractivity contribution < 1.29 is 4.79 Å². The first-order chi connectivity index (χ1) is 11.0. The minimum Gasteiger partial charge on any atom is -0.325 e. The van der Waals surface area contributed by atoms with Gasteiger partial charge in [-0.25, -0.2) is 4.79 Å². The fraction of sp³-hybridized carbons (Fsp3) is 0.200. The van der Waals surface area contributed by atoms with E-state index in [1.165, 1.54) is 11.6 Å². The summed E-state index contributed by atoms with van der Waals surface area (Å²) >= 11 is 1.08. The molecule has 23 heavy (non-hydrogen) atoms. The van der Waals surface area contributed by atoms with Crippen LogP contribution in [0.3, 0.4) is 0 Å². The molecule has 1 N–H and O–H groups in total. The second kappa shape index (κ2) is 5.81. The van der Waals surface area contributed by atoms with Crippen LogP contribution in [0, 0.1) is 6.92 Å². The fourth-order valence-electron chi connectivity index (χ4n) is 2.32. The monoisotopic (exact) mass is 330 g/mol. The largest absolute Gasteiger partial charge is 0.331 e. The minimum absolute atomic E-state index is 0.185. The predicted molar refractivity (Wildman–Crippen MR) is 88.9 cm³/mol. The number of fused-ring (bicyclic) bond motifs is 1. The summed E-state index contributed by atoms with van der Waals surface area (Å²) in [6.45, 7) is 1.74. The van der Waals surface area contributed by atoms with Gasteiger partial charge in [0.2, 0.25) is 5.91 Å². The first kappa shape index (κ1) is 15.2. The molecule has 3 rings (SSSR count). The smallest absolute Gasteiger partial charge is 0.325 e. The second-order valence-electron chi connectivity index (χ2n) is 5.20. The maximum absolute atomic E-state index is 12.3. The molecule has 2 aromatic heterocycles. The van der Waals surface area contributed by atoms with E-state index in [2.05, 4.69) is 9.69 Å². The van der Waals surface area contributed by atoms with Gasteiger partial charge in [-0.05, 0) is 36.2 Å². The SMILES string of the molecule is Cc1cccc(NC(=O)Cn2c(=O)n(C)c(=O)c3nscc32)c1. The van der Waals surface area contributed by atoms with E-state index in [1.807, 2.05) is 25.1 Å². The summed E-state index contributed by atoms with van der Waals surface area (Å²) in [5.74, 6) is -0.344. The highest BCUT2D eigenvalue weighted by atomic mass is 32.1. The molecule has 0 spiro atoms. The third-order valence-corrected chi connectivity index (χ3v) is 4.09. The molecule has 1 aromatic carbocycles. The number of rotatable bonds is 3. The normalized spacial score (nSPS) is 10.9. The van der Waals surface area contributed by atoms with E-state index >= 15 is 0 Å². The molecule has 8 heteroatoms. The molecule has 0 saturated heterocycles. The zero-order chi connectivity index (χ0) is 16.6. The highest BCUT2D eigenvalue weighted by Gasteiger charge is 2.15. The Morgan fingerprint density at radius 2 is 2.13 bits per heavy atom. The van der Waals surface area contributed by atoms with Crippen LogP contribution in [-0.4, -0.2) is 19.4 Å². The van der Waals surface area contributed by atoms with E-state index in [9.17, 15) is 14.4 Å². The van der Waals surface area contributed by atoms with Gasteiger partial charge in [0.25, 0.3) is 5.56 Å². The average molecular weight is 330 g/mol. The number of benzene rings is 1. The molecule has 7 nitrogen and oxygen atoms in total. The Morgan fingerprint density at radius 3 is 2.87 bits per heavy atom. The van der Waals surface area contributed by atoms with Gasteiger partial charge in [0, 0.05) is 18.1 Å². The molecule has 0 aliphatic carbocycles. The molecular formula is C15H14N4O3S. The molecule has 0 saturated carbocycles. The number of nitrogens with one attached hydrogen (secondary N) is 1. The zero-order valence-electron chi connectivity index (χ0n) is 12.6. The topological polar surface area (TPSA) is 86.0 Å². The predicted octanol–water partition coefficient (Wildman–Crippen LogP) is 1.10. The van der Waals surface area contributed by atoms with Crippen LogP contribution < -0.4 is 16.6 Å². The summed E-state index contributed by atoms with van der Waals surface area (Å²) in [5, 5.41) is 4.34. The van der Waals surface area contributed by atoms with E-state index in [0.717, 1.165) is 21.7 Å². The van der Waals surface area contributed by atoms with Crippen molar-refractivity contribution in [3.8, 4) is 0 Å². The van der Waals surface area contributed by atoms with E-state index < -0.39 is 11.2 Å². The van der Waals surface area contributed by atoms with Gasteiger partial charge in [-0.3, -0.25) is 18.7 Å². The Bertz CT molecular complexity index is 1020. The van der Waals surface area contributed by atoms with Gasteiger partial charge in [0.1, 0.15) is 6.54 Å². The van der Waals surface area contributed by atoms with Crippen molar-refractivity contribution in [1.29, 1.82) is 0 Å². The molecule has 0 aliphatic heterocycles. The van der Waals surface area contributed by atoms with Crippen LogP contribution in [-0.2, 0) is 18.4 Å². The number of amides is 1. The summed E-state index contributed by atoms with van der Waals surface area (Å²) in [7, 11) is 1.37. The summed E-state index contributed by atoms with van der Waals surface area (Å²) in [5.41, 5.74) is 1.26. The quantitative estimate of drug-likeness (QED) is 0.779. The van der Waals surface area contributed by atoms with Crippen molar-refractivity contribution in [3.05, 3.63) is 56.0 Å². The fourth-order valence-corrected chi connectivity index (χ4v) is 2.99. The standard InChI is InChI=1S/C15H14N4O3S/c1-9-4-3-5-10(6-9)16-12(20)7-19-11-8-23-17-13(11)14(21)18(2)15(19)22/h3-6,8H,7H2,1-2H3,(H,16,20). The highest BCUT2D eigenvalue weighted by Crippen LogP contribution is 2.11. The number of carbonyl (C=O) groups is 1. The Balaban J connectivity index is 1.96. The van der Waals surface area contributed by atoms with Gasteiger partial charge in [0.05, 0.1) is 5.52 Å². The molecule has 0 aliphatic rings. The minimum atomic E-state index is -0.540. The van der Waals surface area contributed by atoms with Crippen molar-refractivity contribution in [2.24, 2.45) is 7.05 Å². The Hall–Kier alpha value is -2.74. The summed E-state index contributed by atoms with van der Waals surface area (Å²) in [6.07, 6.45) is 0. The number of aromatic nitrogens is 3. The van der Waals surface area contributed by atoms with Crippen LogP contribution in [0.15, 0.2) is 39.2 Å². The summed E-state index contributed by atoms with van der Waals surface area (Å²) in [6, 6.07) is 7.37. The number of anilines is 1. The van der Waals surface area contributed by atoms with Gasteiger partial charge in [-0.1, -0.05) is 12.1 Å². The van der Waals surface area contributed by atoms with Crippen molar-refractivity contribution in [1.82, 2.24) is 13.5 Å². The summed E-state index contributed by atoms with van der Waals surface area (Å²) < 4.78 is 6.22. The molecule has 0 atom stereocenters. The first-order valence-electron chi connectivity index (χ1n) is 6.88. The molecule has 3 aromatic rings. The number of aryl methyl sites for hydroxylation is 1. The average Bonchev–Trinajstić information content (AvgIpc) is 2.99. The molecule has 118 valence electrons. The lowest BCUT2D eigenvalue weighted by Gasteiger charge is -2.10. The lowest BCUT2D eigenvalue weighted by atomic mass is 10.2. The van der Waals surface area contributed by atoms with E-state index in [-0.39, 0.29) is 18.0 Å². The van der Waals surface area contributed by atoms with Crippen molar-refractivity contribution in [3.63, 3.8) is 0 Å². The lowest BCUT2D eigenvalue weighted by Crippen LogP contribution is -2.40. The molecular weight excluding hydrogens is 316 g/mol. The molecule has 0 fully saturated rings. The van der Waals surface area contributed by atoms with E-state index in [1.54, 1.807) is 11.4 Å². The maximum atomic E-state index is 12.3. The molecule has 0 bridgehead atoms. The Kier molecular flexibility index (Phi) is 3.83. The van der Waals surface area contributed by atoms with Crippen LogP contribution in [0.2, 0.25) is 0 Å². The number of hydrogen-bond acceptors (Lipinski definition) is 5. The third kappa shape index (κ3) is 2.80. The molecule has 0 radical (unpaired) electrons. The van der Waals surface area contributed by atoms with Crippen molar-refractivity contribution in [2.45, 2.75) is 13.5 Å². The second-order valence-corrected chi connectivity index (χ2v) is 5.83. The number of hydrogen-bond donors (Lipinski definition) is 1. The van der Waals surface area contributed by atoms with Gasteiger partial charge in [-0.15, -0.1) is 0 Å². The van der Waals surface area contributed by atoms with E-state index in [0.29, 0.717) is 11.2 Å². The molecule has 2 heterocycles. The van der Waals surface area contributed by atoms with Gasteiger partial charge in [0.15, 0.2) is 5.52 Å². The van der Waals surface area contributed by atoms with Crippen LogP contribution in [0.4, 0.5) is 5.69 Å². The third-order valence-electron chi connectivity index (χ3n) is 3.47. The molecule has 1 amide bonds. The molecule has 0 unspecified atom stereocenters. The van der Waals surface area contributed by atoms with Crippen molar-refractivity contribution >= 4 is 34.2 Å². The van der Waals surface area contributed by atoms with Crippen LogP contribution in [0.5, 0.6) is 0 Å². The number of carbonyl (C=O) groups excluding carboxylic acids is 1. The zero-order valence-corrected chi connectivity index (χ0v) is 13.4. The van der Waals surface area contributed by atoms with Crippen LogP contribution in [0.25, 0.3) is 11.0 Å². The Labute approximate surface area is 135 Å².